The molecule has 1 aromatic carbocycles. The molecule has 1 aromatic rings. The maximum Gasteiger partial charge on any atom is 0.323 e. The third kappa shape index (κ3) is 4.16. The maximum atomic E-state index is 11.6. The molecule has 0 N–H and O–H groups in total. The normalized spacial score (nSPS) is 23.0. The molecule has 5 nitrogen and oxygen atoms in total. The first-order valence-electron chi connectivity index (χ1n) is 8.15. The van der Waals surface area contributed by atoms with Crippen molar-refractivity contribution in [2.45, 2.75) is 19.4 Å². The van der Waals surface area contributed by atoms with Crippen LogP contribution >= 0.6 is 11.6 Å². The van der Waals surface area contributed by atoms with E-state index in [1.54, 1.807) is 0 Å². The molecular weight excluding hydrogens is 316 g/mol. The fraction of sp³-hybridized carbons (Fsp3) is 0.588. The van der Waals surface area contributed by atoms with E-state index in [1.165, 1.54) is 0 Å². The predicted octanol–water partition coefficient (Wildman–Crippen LogP) is 1.96. The van der Waals surface area contributed by atoms with Gasteiger partial charge >= 0.3 is 5.97 Å². The number of benzene rings is 1. The average molecular weight is 339 g/mol. The van der Waals surface area contributed by atoms with Gasteiger partial charge in [0.25, 0.3) is 0 Å². The summed E-state index contributed by atoms with van der Waals surface area (Å²) >= 11 is 5.95. The Labute approximate surface area is 142 Å². The average Bonchev–Trinajstić information content (AvgIpc) is 2.96. The van der Waals surface area contributed by atoms with Gasteiger partial charge in [-0.1, -0.05) is 11.6 Å². The smallest absolute Gasteiger partial charge is 0.323 e. The number of nitrogens with zero attached hydrogens (tertiary/aromatic N) is 2. The summed E-state index contributed by atoms with van der Waals surface area (Å²) < 4.78 is 10.9. The Morgan fingerprint density at radius 3 is 2.74 bits per heavy atom. The number of cyclic esters (lactones) is 1. The fourth-order valence-electron chi connectivity index (χ4n) is 3.17. The molecule has 2 fully saturated rings. The summed E-state index contributed by atoms with van der Waals surface area (Å²) in [6.45, 7) is 7.89. The minimum Gasteiger partial charge on any atom is -0.492 e. The van der Waals surface area contributed by atoms with Crippen molar-refractivity contribution >= 4 is 17.6 Å². The highest BCUT2D eigenvalue weighted by atomic mass is 35.5. The molecule has 2 heterocycles. The van der Waals surface area contributed by atoms with E-state index in [-0.39, 0.29) is 12.0 Å². The number of ether oxygens (including phenoxy) is 2. The quantitative estimate of drug-likeness (QED) is 0.768. The second-order valence-electron chi connectivity index (χ2n) is 6.11. The Hall–Kier alpha value is -1.30. The van der Waals surface area contributed by atoms with Gasteiger partial charge in [-0.05, 0) is 30.7 Å². The highest BCUT2D eigenvalue weighted by Crippen LogP contribution is 2.22. The number of carbonyl (C=O) groups is 1. The van der Waals surface area contributed by atoms with Crippen LogP contribution in [0.25, 0.3) is 0 Å². The molecule has 0 bridgehead atoms. The van der Waals surface area contributed by atoms with Gasteiger partial charge in [-0.3, -0.25) is 14.6 Å². The lowest BCUT2D eigenvalue weighted by molar-refractivity contribution is -0.142. The Morgan fingerprint density at radius 1 is 1.30 bits per heavy atom. The molecule has 2 aliphatic rings. The summed E-state index contributed by atoms with van der Waals surface area (Å²) in [4.78, 5) is 16.3. The van der Waals surface area contributed by atoms with Gasteiger partial charge in [0.05, 0.1) is 6.61 Å². The standard InChI is InChI=1S/C17H23ClN2O3/c1-13-12-14(18)2-3-16(13)22-11-9-19-5-7-20(8-6-19)15-4-10-23-17(15)21/h2-3,12,15H,4-11H2,1H3. The third-order valence-corrected chi connectivity index (χ3v) is 4.79. The number of esters is 1. The lowest BCUT2D eigenvalue weighted by Gasteiger charge is -2.36. The van der Waals surface area contributed by atoms with E-state index in [2.05, 4.69) is 9.80 Å². The topological polar surface area (TPSA) is 42.0 Å². The summed E-state index contributed by atoms with van der Waals surface area (Å²) in [5, 5.41) is 0.733. The van der Waals surface area contributed by atoms with Gasteiger partial charge in [0.2, 0.25) is 0 Å². The second kappa shape index (κ2) is 7.51. The van der Waals surface area contributed by atoms with E-state index in [0.29, 0.717) is 13.2 Å². The van der Waals surface area contributed by atoms with Crippen LogP contribution in [0.2, 0.25) is 5.02 Å². The van der Waals surface area contributed by atoms with E-state index in [4.69, 9.17) is 21.1 Å². The number of rotatable bonds is 5. The molecule has 0 radical (unpaired) electrons. The molecule has 0 aliphatic carbocycles. The lowest BCUT2D eigenvalue weighted by Crippen LogP contribution is -2.52. The van der Waals surface area contributed by atoms with Gasteiger partial charge in [0.15, 0.2) is 0 Å². The van der Waals surface area contributed by atoms with Gasteiger partial charge in [0.1, 0.15) is 18.4 Å². The van der Waals surface area contributed by atoms with Crippen molar-refractivity contribution in [2.75, 3.05) is 45.9 Å². The molecule has 23 heavy (non-hydrogen) atoms. The van der Waals surface area contributed by atoms with Crippen LogP contribution in [0.3, 0.4) is 0 Å². The number of piperazine rings is 1. The summed E-state index contributed by atoms with van der Waals surface area (Å²) in [5.74, 6) is 0.835. The van der Waals surface area contributed by atoms with Gasteiger partial charge in [-0.15, -0.1) is 0 Å². The van der Waals surface area contributed by atoms with Crippen molar-refractivity contribution in [1.82, 2.24) is 9.80 Å². The number of carbonyl (C=O) groups excluding carboxylic acids is 1. The molecule has 0 saturated carbocycles. The van der Waals surface area contributed by atoms with Crippen LogP contribution in [0.15, 0.2) is 18.2 Å². The molecule has 0 aromatic heterocycles. The van der Waals surface area contributed by atoms with Crippen molar-refractivity contribution in [3.63, 3.8) is 0 Å². The van der Waals surface area contributed by atoms with Gasteiger partial charge < -0.3 is 9.47 Å². The zero-order valence-corrected chi connectivity index (χ0v) is 14.2. The number of hydrogen-bond donors (Lipinski definition) is 0. The van der Waals surface area contributed by atoms with Gasteiger partial charge in [-0.25, -0.2) is 0 Å². The van der Waals surface area contributed by atoms with Crippen molar-refractivity contribution in [3.8, 4) is 5.75 Å². The van der Waals surface area contributed by atoms with Crippen molar-refractivity contribution in [2.24, 2.45) is 0 Å². The van der Waals surface area contributed by atoms with Crippen LogP contribution in [-0.4, -0.2) is 67.7 Å². The first-order chi connectivity index (χ1) is 11.1. The Kier molecular flexibility index (Phi) is 5.41. The minimum absolute atomic E-state index is 0.0230. The third-order valence-electron chi connectivity index (χ3n) is 4.56. The summed E-state index contributed by atoms with van der Waals surface area (Å²) in [6.07, 6.45) is 0.831. The Morgan fingerprint density at radius 2 is 2.09 bits per heavy atom. The zero-order valence-electron chi connectivity index (χ0n) is 13.5. The molecule has 0 spiro atoms. The molecule has 3 rings (SSSR count). The van der Waals surface area contributed by atoms with Crippen LogP contribution in [0.1, 0.15) is 12.0 Å². The highest BCUT2D eigenvalue weighted by Gasteiger charge is 2.33. The summed E-state index contributed by atoms with van der Waals surface area (Å²) in [6, 6.07) is 5.66. The number of halogens is 1. The number of hydrogen-bond acceptors (Lipinski definition) is 5. The van der Waals surface area contributed by atoms with Crippen molar-refractivity contribution in [3.05, 3.63) is 28.8 Å². The highest BCUT2D eigenvalue weighted by molar-refractivity contribution is 6.30. The Bertz CT molecular complexity index is 559. The molecule has 1 unspecified atom stereocenters. The van der Waals surface area contributed by atoms with E-state index in [0.717, 1.165) is 55.5 Å². The van der Waals surface area contributed by atoms with Crippen molar-refractivity contribution in [1.29, 1.82) is 0 Å². The van der Waals surface area contributed by atoms with Gasteiger partial charge in [0, 0.05) is 44.2 Å². The molecule has 126 valence electrons. The largest absolute Gasteiger partial charge is 0.492 e. The first-order valence-corrected chi connectivity index (χ1v) is 8.53. The monoisotopic (exact) mass is 338 g/mol. The SMILES string of the molecule is Cc1cc(Cl)ccc1OCCN1CCN(C2CCOC2=O)CC1. The molecule has 0 amide bonds. The van der Waals surface area contributed by atoms with E-state index < -0.39 is 0 Å². The van der Waals surface area contributed by atoms with E-state index in [1.807, 2.05) is 25.1 Å². The van der Waals surface area contributed by atoms with Crippen LogP contribution < -0.4 is 4.74 Å². The minimum atomic E-state index is -0.0556. The van der Waals surface area contributed by atoms with Crippen LogP contribution in [0.4, 0.5) is 0 Å². The van der Waals surface area contributed by atoms with E-state index in [9.17, 15) is 4.79 Å². The molecule has 1 atom stereocenters. The van der Waals surface area contributed by atoms with E-state index >= 15 is 0 Å². The number of aryl methyl sites for hydroxylation is 1. The summed E-state index contributed by atoms with van der Waals surface area (Å²) in [7, 11) is 0. The van der Waals surface area contributed by atoms with Crippen LogP contribution in [0.5, 0.6) is 5.75 Å². The molecule has 2 saturated heterocycles. The first kappa shape index (κ1) is 16.6. The Balaban J connectivity index is 1.40. The lowest BCUT2D eigenvalue weighted by atomic mass is 10.2. The maximum absolute atomic E-state index is 11.6. The van der Waals surface area contributed by atoms with Crippen LogP contribution in [-0.2, 0) is 9.53 Å². The summed E-state index contributed by atoms with van der Waals surface area (Å²) in [5.41, 5.74) is 1.06. The molecule has 2 aliphatic heterocycles. The predicted molar refractivity (Wildman–Crippen MR) is 89.1 cm³/mol. The van der Waals surface area contributed by atoms with Crippen molar-refractivity contribution < 1.29 is 14.3 Å². The van der Waals surface area contributed by atoms with Crippen LogP contribution in [0, 0.1) is 6.92 Å². The molecule has 6 heteroatoms. The zero-order chi connectivity index (χ0) is 16.2. The van der Waals surface area contributed by atoms with Gasteiger partial charge in [-0.2, -0.15) is 0 Å². The molecular formula is C17H23ClN2O3. The fourth-order valence-corrected chi connectivity index (χ4v) is 3.40. The second-order valence-corrected chi connectivity index (χ2v) is 6.54.